The zero-order chi connectivity index (χ0) is 11.0. The monoisotopic (exact) mass is 217 g/mol. The van der Waals surface area contributed by atoms with Crippen molar-refractivity contribution < 1.29 is 0 Å². The molecular formula is C12H27NS. The van der Waals surface area contributed by atoms with Crippen LogP contribution >= 0.6 is 12.6 Å². The molecule has 0 rings (SSSR count). The number of nitrogens with zero attached hydrogens (tertiary/aromatic N) is 1. The van der Waals surface area contributed by atoms with E-state index in [1.807, 2.05) is 0 Å². The van der Waals surface area contributed by atoms with Crippen molar-refractivity contribution in [2.24, 2.45) is 11.8 Å². The normalized spacial score (nSPS) is 13.9. The van der Waals surface area contributed by atoms with Crippen LogP contribution in [0.25, 0.3) is 0 Å². The Morgan fingerprint density at radius 3 is 2.29 bits per heavy atom. The molecule has 0 amide bonds. The van der Waals surface area contributed by atoms with Crippen LogP contribution in [0.2, 0.25) is 0 Å². The molecule has 0 saturated heterocycles. The maximum atomic E-state index is 4.41. The molecule has 0 aliphatic rings. The third-order valence-electron chi connectivity index (χ3n) is 2.87. The molecule has 0 aliphatic carbocycles. The highest BCUT2D eigenvalue weighted by atomic mass is 32.1. The van der Waals surface area contributed by atoms with Crippen molar-refractivity contribution in [3.8, 4) is 0 Å². The van der Waals surface area contributed by atoms with Crippen molar-refractivity contribution in [3.63, 3.8) is 0 Å². The maximum Gasteiger partial charge on any atom is 0.00169 e. The molecule has 0 bridgehead atoms. The largest absolute Gasteiger partial charge is 0.306 e. The van der Waals surface area contributed by atoms with Gasteiger partial charge in [-0.15, -0.1) is 0 Å². The lowest BCUT2D eigenvalue weighted by molar-refractivity contribution is 0.249. The average molecular weight is 217 g/mol. The molecule has 0 aromatic rings. The molecule has 0 fully saturated rings. The molecule has 0 N–H and O–H groups in total. The number of rotatable bonds is 8. The highest BCUT2D eigenvalue weighted by Gasteiger charge is 2.13. The summed E-state index contributed by atoms with van der Waals surface area (Å²) in [5, 5.41) is 0. The number of hydrogen-bond acceptors (Lipinski definition) is 2. The van der Waals surface area contributed by atoms with Crippen LogP contribution in [0.3, 0.4) is 0 Å². The van der Waals surface area contributed by atoms with Crippen LogP contribution in [-0.4, -0.2) is 30.8 Å². The van der Waals surface area contributed by atoms with Crippen molar-refractivity contribution in [2.45, 2.75) is 40.0 Å². The molecule has 1 atom stereocenters. The Morgan fingerprint density at radius 2 is 1.86 bits per heavy atom. The molecule has 0 aliphatic heterocycles. The van der Waals surface area contributed by atoms with Crippen LogP contribution in [0.15, 0.2) is 0 Å². The minimum absolute atomic E-state index is 0.741. The predicted octanol–water partition coefficient (Wildman–Crippen LogP) is 3.31. The van der Waals surface area contributed by atoms with Crippen LogP contribution in [0, 0.1) is 11.8 Å². The van der Waals surface area contributed by atoms with E-state index >= 15 is 0 Å². The van der Waals surface area contributed by atoms with E-state index in [1.54, 1.807) is 0 Å². The van der Waals surface area contributed by atoms with E-state index in [2.05, 4.69) is 45.3 Å². The summed E-state index contributed by atoms with van der Waals surface area (Å²) in [6.45, 7) is 9.28. The summed E-state index contributed by atoms with van der Waals surface area (Å²) in [4.78, 5) is 2.45. The topological polar surface area (TPSA) is 3.24 Å². The first-order chi connectivity index (χ1) is 6.61. The molecule has 1 nitrogen and oxygen atoms in total. The highest BCUT2D eigenvalue weighted by molar-refractivity contribution is 7.80. The summed E-state index contributed by atoms with van der Waals surface area (Å²) in [5.74, 6) is 2.50. The van der Waals surface area contributed by atoms with Gasteiger partial charge in [-0.05, 0) is 37.6 Å². The fourth-order valence-electron chi connectivity index (χ4n) is 1.60. The molecule has 0 heterocycles. The molecular weight excluding hydrogens is 190 g/mol. The fourth-order valence-corrected chi connectivity index (χ4v) is 2.14. The maximum absolute atomic E-state index is 4.41. The van der Waals surface area contributed by atoms with Crippen LogP contribution in [0.4, 0.5) is 0 Å². The lowest BCUT2D eigenvalue weighted by Gasteiger charge is -2.25. The molecule has 0 aromatic heterocycles. The lowest BCUT2D eigenvalue weighted by Crippen LogP contribution is -2.30. The van der Waals surface area contributed by atoms with E-state index in [0.29, 0.717) is 0 Å². The van der Waals surface area contributed by atoms with Crippen molar-refractivity contribution in [1.82, 2.24) is 4.90 Å². The first-order valence-corrected chi connectivity index (χ1v) is 6.54. The van der Waals surface area contributed by atoms with E-state index in [0.717, 1.165) is 17.6 Å². The van der Waals surface area contributed by atoms with Gasteiger partial charge in [0.05, 0.1) is 0 Å². The third kappa shape index (κ3) is 6.72. The molecule has 0 radical (unpaired) electrons. The number of thiol groups is 1. The predicted molar refractivity (Wildman–Crippen MR) is 69.2 cm³/mol. The standard InChI is InChI=1S/C12H27NS/c1-5-6-7-8-13(4)9-12(10-14)11(2)3/h11-12,14H,5-10H2,1-4H3. The molecule has 0 saturated carbocycles. The summed E-state index contributed by atoms with van der Waals surface area (Å²) in [6, 6.07) is 0. The van der Waals surface area contributed by atoms with Gasteiger partial charge >= 0.3 is 0 Å². The minimum Gasteiger partial charge on any atom is -0.306 e. The van der Waals surface area contributed by atoms with Gasteiger partial charge in [0.15, 0.2) is 0 Å². The zero-order valence-electron chi connectivity index (χ0n) is 10.3. The summed E-state index contributed by atoms with van der Waals surface area (Å²) in [6.07, 6.45) is 4.01. The average Bonchev–Trinajstić information content (AvgIpc) is 2.14. The van der Waals surface area contributed by atoms with Gasteiger partial charge in [0.1, 0.15) is 0 Å². The molecule has 0 aromatic carbocycles. The van der Waals surface area contributed by atoms with Crippen molar-refractivity contribution >= 4 is 12.6 Å². The Morgan fingerprint density at radius 1 is 1.21 bits per heavy atom. The first-order valence-electron chi connectivity index (χ1n) is 5.91. The summed E-state index contributed by atoms with van der Waals surface area (Å²) < 4.78 is 0. The Kier molecular flexibility index (Phi) is 8.80. The summed E-state index contributed by atoms with van der Waals surface area (Å²) >= 11 is 4.41. The Labute approximate surface area is 95.7 Å². The fraction of sp³-hybridized carbons (Fsp3) is 1.00. The van der Waals surface area contributed by atoms with E-state index < -0.39 is 0 Å². The number of unbranched alkanes of at least 4 members (excludes halogenated alkanes) is 2. The van der Waals surface area contributed by atoms with Crippen molar-refractivity contribution in [2.75, 3.05) is 25.9 Å². The third-order valence-corrected chi connectivity index (χ3v) is 3.34. The Balaban J connectivity index is 3.62. The Hall–Kier alpha value is 0.310. The first kappa shape index (κ1) is 14.3. The Bertz CT molecular complexity index is 125. The van der Waals surface area contributed by atoms with E-state index in [-0.39, 0.29) is 0 Å². The van der Waals surface area contributed by atoms with Gasteiger partial charge in [-0.25, -0.2) is 0 Å². The highest BCUT2D eigenvalue weighted by Crippen LogP contribution is 2.13. The van der Waals surface area contributed by atoms with Crippen LogP contribution in [-0.2, 0) is 0 Å². The second-order valence-corrected chi connectivity index (χ2v) is 5.02. The molecule has 0 spiro atoms. The minimum atomic E-state index is 0.741. The lowest BCUT2D eigenvalue weighted by atomic mass is 9.97. The van der Waals surface area contributed by atoms with Gasteiger partial charge in [-0.3, -0.25) is 0 Å². The molecule has 1 unspecified atom stereocenters. The smallest absolute Gasteiger partial charge is 0.00169 e. The van der Waals surface area contributed by atoms with Gasteiger partial charge in [0.25, 0.3) is 0 Å². The number of hydrogen-bond donors (Lipinski definition) is 1. The van der Waals surface area contributed by atoms with Gasteiger partial charge < -0.3 is 4.90 Å². The quantitative estimate of drug-likeness (QED) is 0.482. The zero-order valence-corrected chi connectivity index (χ0v) is 11.2. The van der Waals surface area contributed by atoms with E-state index in [4.69, 9.17) is 0 Å². The summed E-state index contributed by atoms with van der Waals surface area (Å²) in [7, 11) is 2.23. The van der Waals surface area contributed by atoms with Crippen LogP contribution in [0.5, 0.6) is 0 Å². The van der Waals surface area contributed by atoms with Gasteiger partial charge in [-0.2, -0.15) is 12.6 Å². The van der Waals surface area contributed by atoms with Gasteiger partial charge in [0, 0.05) is 6.54 Å². The van der Waals surface area contributed by atoms with Gasteiger partial charge in [0.2, 0.25) is 0 Å². The van der Waals surface area contributed by atoms with Crippen LogP contribution in [0.1, 0.15) is 40.0 Å². The summed E-state index contributed by atoms with van der Waals surface area (Å²) in [5.41, 5.74) is 0. The van der Waals surface area contributed by atoms with E-state index in [1.165, 1.54) is 32.4 Å². The van der Waals surface area contributed by atoms with Crippen molar-refractivity contribution in [3.05, 3.63) is 0 Å². The molecule has 86 valence electrons. The molecule has 2 heteroatoms. The second-order valence-electron chi connectivity index (χ2n) is 4.66. The van der Waals surface area contributed by atoms with E-state index in [9.17, 15) is 0 Å². The second kappa shape index (κ2) is 8.60. The van der Waals surface area contributed by atoms with Crippen LogP contribution < -0.4 is 0 Å². The SMILES string of the molecule is CCCCCN(C)CC(CS)C(C)C. The van der Waals surface area contributed by atoms with Crippen molar-refractivity contribution in [1.29, 1.82) is 0 Å². The van der Waals surface area contributed by atoms with Gasteiger partial charge in [-0.1, -0.05) is 33.6 Å². The molecule has 14 heavy (non-hydrogen) atoms.